The molecule has 0 aliphatic heterocycles. The van der Waals surface area contributed by atoms with Gasteiger partial charge in [0.25, 0.3) is 5.91 Å². The van der Waals surface area contributed by atoms with Gasteiger partial charge in [0.1, 0.15) is 0 Å². The van der Waals surface area contributed by atoms with Crippen LogP contribution in [0.3, 0.4) is 0 Å². The SMILES string of the molecule is CC(OC(=O)/C=C/c1cccc2cccnc12)C(=O)Nc1ccccc1. The van der Waals surface area contributed by atoms with Crippen LogP contribution < -0.4 is 5.32 Å². The summed E-state index contributed by atoms with van der Waals surface area (Å²) in [5.41, 5.74) is 2.26. The van der Waals surface area contributed by atoms with Gasteiger partial charge in [0, 0.05) is 28.9 Å². The lowest BCUT2D eigenvalue weighted by atomic mass is 10.1. The zero-order valence-corrected chi connectivity index (χ0v) is 14.3. The first kappa shape index (κ1) is 17.4. The van der Waals surface area contributed by atoms with Crippen molar-refractivity contribution in [1.82, 2.24) is 4.98 Å². The maximum atomic E-state index is 12.1. The number of fused-ring (bicyclic) bond motifs is 1. The molecule has 0 saturated carbocycles. The highest BCUT2D eigenvalue weighted by Gasteiger charge is 2.16. The minimum absolute atomic E-state index is 0.384. The number of aromatic nitrogens is 1. The number of anilines is 1. The van der Waals surface area contributed by atoms with Crippen LogP contribution in [0.15, 0.2) is 72.9 Å². The van der Waals surface area contributed by atoms with Crippen LogP contribution in [0.2, 0.25) is 0 Å². The largest absolute Gasteiger partial charge is 0.449 e. The Labute approximate surface area is 151 Å². The van der Waals surface area contributed by atoms with Gasteiger partial charge in [-0.25, -0.2) is 4.79 Å². The fraction of sp³-hybridized carbons (Fsp3) is 0.0952. The van der Waals surface area contributed by atoms with E-state index in [-0.39, 0.29) is 5.91 Å². The highest BCUT2D eigenvalue weighted by molar-refractivity contribution is 5.97. The fourth-order valence-corrected chi connectivity index (χ4v) is 2.45. The molecule has 1 aromatic heterocycles. The van der Waals surface area contributed by atoms with Crippen molar-refractivity contribution in [2.24, 2.45) is 0 Å². The van der Waals surface area contributed by atoms with Gasteiger partial charge in [-0.2, -0.15) is 0 Å². The van der Waals surface area contributed by atoms with Gasteiger partial charge in [0.2, 0.25) is 0 Å². The monoisotopic (exact) mass is 346 g/mol. The van der Waals surface area contributed by atoms with Crippen molar-refractivity contribution in [3.8, 4) is 0 Å². The molecule has 1 unspecified atom stereocenters. The summed E-state index contributed by atoms with van der Waals surface area (Å²) >= 11 is 0. The third-order valence-corrected chi connectivity index (χ3v) is 3.77. The number of amides is 1. The number of carbonyl (C=O) groups is 2. The molecule has 1 heterocycles. The fourth-order valence-electron chi connectivity index (χ4n) is 2.45. The van der Waals surface area contributed by atoms with Crippen molar-refractivity contribution in [2.45, 2.75) is 13.0 Å². The molecule has 1 amide bonds. The van der Waals surface area contributed by atoms with Gasteiger partial charge in [-0.1, -0.05) is 42.5 Å². The Morgan fingerprint density at radius 2 is 1.81 bits per heavy atom. The number of ether oxygens (including phenoxy) is 1. The Kier molecular flexibility index (Phi) is 5.39. The molecule has 26 heavy (non-hydrogen) atoms. The van der Waals surface area contributed by atoms with Gasteiger partial charge >= 0.3 is 5.97 Å². The third kappa shape index (κ3) is 4.33. The number of carbonyl (C=O) groups excluding carboxylic acids is 2. The van der Waals surface area contributed by atoms with Gasteiger partial charge in [0.05, 0.1) is 5.52 Å². The van der Waals surface area contributed by atoms with Gasteiger partial charge in [-0.3, -0.25) is 9.78 Å². The first-order valence-corrected chi connectivity index (χ1v) is 8.22. The zero-order valence-electron chi connectivity index (χ0n) is 14.3. The zero-order chi connectivity index (χ0) is 18.4. The molecule has 0 saturated heterocycles. The maximum absolute atomic E-state index is 12.1. The summed E-state index contributed by atoms with van der Waals surface area (Å²) in [6.45, 7) is 1.53. The van der Waals surface area contributed by atoms with Crippen molar-refractivity contribution in [3.05, 3.63) is 78.5 Å². The van der Waals surface area contributed by atoms with Crippen LogP contribution in [-0.2, 0) is 14.3 Å². The molecule has 0 radical (unpaired) electrons. The minimum atomic E-state index is -0.905. The summed E-state index contributed by atoms with van der Waals surface area (Å²) in [4.78, 5) is 28.4. The predicted octanol–water partition coefficient (Wildman–Crippen LogP) is 3.82. The molecular weight excluding hydrogens is 328 g/mol. The second-order valence-electron chi connectivity index (χ2n) is 5.69. The second kappa shape index (κ2) is 8.07. The van der Waals surface area contributed by atoms with Crippen molar-refractivity contribution in [3.63, 3.8) is 0 Å². The van der Waals surface area contributed by atoms with Crippen LogP contribution >= 0.6 is 0 Å². The highest BCUT2D eigenvalue weighted by Crippen LogP contribution is 2.17. The van der Waals surface area contributed by atoms with Crippen molar-refractivity contribution >= 4 is 34.5 Å². The molecule has 5 heteroatoms. The lowest BCUT2D eigenvalue weighted by Gasteiger charge is -2.12. The van der Waals surface area contributed by atoms with Gasteiger partial charge in [-0.05, 0) is 31.2 Å². The van der Waals surface area contributed by atoms with Crippen molar-refractivity contribution < 1.29 is 14.3 Å². The normalized spacial score (nSPS) is 12.0. The van der Waals surface area contributed by atoms with E-state index in [4.69, 9.17) is 4.74 Å². The summed E-state index contributed by atoms with van der Waals surface area (Å²) < 4.78 is 5.16. The standard InChI is InChI=1S/C21H18N2O3/c1-15(21(25)23-18-10-3-2-4-11-18)26-19(24)13-12-17-8-5-7-16-9-6-14-22-20(16)17/h2-15H,1H3,(H,23,25)/b13-12+. The Bertz CT molecular complexity index is 946. The lowest BCUT2D eigenvalue weighted by Crippen LogP contribution is -2.29. The number of hydrogen-bond acceptors (Lipinski definition) is 4. The number of para-hydroxylation sites is 2. The van der Waals surface area contributed by atoms with Gasteiger partial charge in [0.15, 0.2) is 6.10 Å². The molecule has 130 valence electrons. The molecule has 3 aromatic rings. The Morgan fingerprint density at radius 1 is 1.04 bits per heavy atom. The molecule has 2 aromatic carbocycles. The highest BCUT2D eigenvalue weighted by atomic mass is 16.5. The van der Waals surface area contributed by atoms with E-state index in [0.29, 0.717) is 5.69 Å². The van der Waals surface area contributed by atoms with Gasteiger partial charge < -0.3 is 10.1 Å². The molecule has 0 bridgehead atoms. The first-order valence-electron chi connectivity index (χ1n) is 8.22. The van der Waals surface area contributed by atoms with Crippen LogP contribution in [0, 0.1) is 0 Å². The van der Waals surface area contributed by atoms with Crippen LogP contribution in [0.25, 0.3) is 17.0 Å². The Balaban J connectivity index is 1.62. The average Bonchev–Trinajstić information content (AvgIpc) is 2.67. The summed E-state index contributed by atoms with van der Waals surface area (Å²) in [5.74, 6) is -0.974. The number of pyridine rings is 1. The van der Waals surface area contributed by atoms with E-state index in [1.165, 1.54) is 13.0 Å². The van der Waals surface area contributed by atoms with Gasteiger partial charge in [-0.15, -0.1) is 0 Å². The Morgan fingerprint density at radius 3 is 2.62 bits per heavy atom. The summed E-state index contributed by atoms with van der Waals surface area (Å²) in [5, 5.41) is 3.68. The van der Waals surface area contributed by atoms with Crippen LogP contribution in [0.5, 0.6) is 0 Å². The second-order valence-corrected chi connectivity index (χ2v) is 5.69. The topological polar surface area (TPSA) is 68.3 Å². The molecule has 1 N–H and O–H groups in total. The first-order chi connectivity index (χ1) is 12.6. The molecule has 0 aliphatic carbocycles. The van der Waals surface area contributed by atoms with Crippen LogP contribution in [0.4, 0.5) is 5.69 Å². The van der Waals surface area contributed by atoms with Crippen molar-refractivity contribution in [1.29, 1.82) is 0 Å². The van der Waals surface area contributed by atoms with Crippen LogP contribution in [0.1, 0.15) is 12.5 Å². The van der Waals surface area contributed by atoms with E-state index in [2.05, 4.69) is 10.3 Å². The minimum Gasteiger partial charge on any atom is -0.449 e. The quantitative estimate of drug-likeness (QED) is 0.563. The molecule has 5 nitrogen and oxygen atoms in total. The predicted molar refractivity (Wildman–Crippen MR) is 101 cm³/mol. The average molecular weight is 346 g/mol. The number of nitrogens with zero attached hydrogens (tertiary/aromatic N) is 1. The summed E-state index contributed by atoms with van der Waals surface area (Å²) in [6.07, 6.45) is 3.74. The molecule has 0 fully saturated rings. The van der Waals surface area contributed by atoms with E-state index in [1.54, 1.807) is 24.4 Å². The number of esters is 1. The molecule has 0 aliphatic rings. The third-order valence-electron chi connectivity index (χ3n) is 3.77. The molecule has 0 spiro atoms. The molecule has 1 atom stereocenters. The smallest absolute Gasteiger partial charge is 0.331 e. The van der Waals surface area contributed by atoms with Crippen molar-refractivity contribution in [2.75, 3.05) is 5.32 Å². The lowest BCUT2D eigenvalue weighted by molar-refractivity contribution is -0.148. The summed E-state index contributed by atoms with van der Waals surface area (Å²) in [6, 6.07) is 18.5. The van der Waals surface area contributed by atoms with E-state index in [1.807, 2.05) is 48.5 Å². The van der Waals surface area contributed by atoms with E-state index in [0.717, 1.165) is 16.5 Å². The molecular formula is C21H18N2O3. The number of nitrogens with one attached hydrogen (secondary N) is 1. The van der Waals surface area contributed by atoms with E-state index >= 15 is 0 Å². The summed E-state index contributed by atoms with van der Waals surface area (Å²) in [7, 11) is 0. The van der Waals surface area contributed by atoms with E-state index < -0.39 is 12.1 Å². The maximum Gasteiger partial charge on any atom is 0.331 e. The molecule has 3 rings (SSSR count). The number of hydrogen-bond donors (Lipinski definition) is 1. The number of benzene rings is 2. The van der Waals surface area contributed by atoms with E-state index in [9.17, 15) is 9.59 Å². The van der Waals surface area contributed by atoms with Crippen LogP contribution in [-0.4, -0.2) is 23.0 Å². The Hall–Kier alpha value is -3.47. The number of rotatable bonds is 5.